The molecule has 19 heavy (non-hydrogen) atoms. The minimum atomic E-state index is -0.732. The Morgan fingerprint density at radius 1 is 1.21 bits per heavy atom. The van der Waals surface area contributed by atoms with E-state index in [1.165, 1.54) is 16.8 Å². The molecule has 4 nitrogen and oxygen atoms in total. The number of aryl methyl sites for hydroxylation is 1. The molecule has 0 amide bonds. The van der Waals surface area contributed by atoms with Crippen molar-refractivity contribution < 1.29 is 8.78 Å². The second-order valence-corrected chi connectivity index (χ2v) is 4.36. The van der Waals surface area contributed by atoms with Gasteiger partial charge in [0.2, 0.25) is 0 Å². The van der Waals surface area contributed by atoms with Crippen molar-refractivity contribution in [3.05, 3.63) is 47.1 Å². The molecule has 0 unspecified atom stereocenters. The molecule has 3 heterocycles. The molecule has 7 heteroatoms. The van der Waals surface area contributed by atoms with E-state index < -0.39 is 11.6 Å². The number of halogens is 3. The summed E-state index contributed by atoms with van der Waals surface area (Å²) in [5.41, 5.74) is 1.42. The summed E-state index contributed by atoms with van der Waals surface area (Å²) in [5, 5.41) is 0.198. The highest BCUT2D eigenvalue weighted by atomic mass is 35.5. The van der Waals surface area contributed by atoms with Crippen LogP contribution in [0.15, 0.2) is 24.7 Å². The van der Waals surface area contributed by atoms with Gasteiger partial charge in [0, 0.05) is 12.3 Å². The average Bonchev–Trinajstić information content (AvgIpc) is 2.66. The number of imidazole rings is 1. The summed E-state index contributed by atoms with van der Waals surface area (Å²) in [6.45, 7) is 1.68. The monoisotopic (exact) mass is 280 g/mol. The van der Waals surface area contributed by atoms with Crippen molar-refractivity contribution in [2.45, 2.75) is 6.92 Å². The van der Waals surface area contributed by atoms with Crippen molar-refractivity contribution in [3.63, 3.8) is 0 Å². The van der Waals surface area contributed by atoms with Crippen molar-refractivity contribution in [2.75, 3.05) is 0 Å². The first-order chi connectivity index (χ1) is 9.06. The van der Waals surface area contributed by atoms with E-state index in [0.29, 0.717) is 17.1 Å². The average molecular weight is 281 g/mol. The van der Waals surface area contributed by atoms with Gasteiger partial charge in [-0.3, -0.25) is 9.38 Å². The first kappa shape index (κ1) is 12.0. The van der Waals surface area contributed by atoms with Crippen molar-refractivity contribution in [1.82, 2.24) is 19.4 Å². The van der Waals surface area contributed by atoms with E-state index in [9.17, 15) is 8.78 Å². The van der Waals surface area contributed by atoms with Gasteiger partial charge in [-0.25, -0.2) is 18.7 Å². The van der Waals surface area contributed by atoms with Crippen molar-refractivity contribution in [3.8, 4) is 11.4 Å². The maximum absolute atomic E-state index is 13.6. The van der Waals surface area contributed by atoms with E-state index in [4.69, 9.17) is 11.6 Å². The minimum Gasteiger partial charge on any atom is -0.292 e. The molecule has 3 aromatic rings. The lowest BCUT2D eigenvalue weighted by Crippen LogP contribution is -1.96. The second kappa shape index (κ2) is 4.24. The molecular weight excluding hydrogens is 274 g/mol. The molecule has 0 bridgehead atoms. The van der Waals surface area contributed by atoms with Crippen LogP contribution in [0, 0.1) is 18.6 Å². The Bertz CT molecular complexity index is 785. The molecule has 3 aromatic heterocycles. The summed E-state index contributed by atoms with van der Waals surface area (Å²) >= 11 is 5.78. The summed E-state index contributed by atoms with van der Waals surface area (Å²) in [6.07, 6.45) is 3.99. The molecular formula is C12H7ClF2N4. The third-order valence-corrected chi connectivity index (χ3v) is 2.85. The molecule has 0 spiro atoms. The van der Waals surface area contributed by atoms with Gasteiger partial charge in [0.05, 0.1) is 23.8 Å². The molecule has 0 saturated carbocycles. The Kier molecular flexibility index (Phi) is 2.67. The number of fused-ring (bicyclic) bond motifs is 1. The summed E-state index contributed by atoms with van der Waals surface area (Å²) in [7, 11) is 0. The van der Waals surface area contributed by atoms with E-state index in [1.807, 2.05) is 0 Å². The van der Waals surface area contributed by atoms with Gasteiger partial charge in [-0.2, -0.15) is 0 Å². The highest BCUT2D eigenvalue weighted by molar-refractivity contribution is 6.29. The van der Waals surface area contributed by atoms with Crippen LogP contribution in [0.5, 0.6) is 0 Å². The summed E-state index contributed by atoms with van der Waals surface area (Å²) in [5.74, 6) is -1.43. The third kappa shape index (κ3) is 1.94. The topological polar surface area (TPSA) is 43.1 Å². The van der Waals surface area contributed by atoms with Gasteiger partial charge in [-0.15, -0.1) is 0 Å². The maximum Gasteiger partial charge on any atom is 0.174 e. The lowest BCUT2D eigenvalue weighted by atomic mass is 10.2. The van der Waals surface area contributed by atoms with Crippen LogP contribution in [0.1, 0.15) is 5.69 Å². The number of pyridine rings is 1. The van der Waals surface area contributed by atoms with Gasteiger partial charge in [-0.1, -0.05) is 11.6 Å². The Labute approximate surface area is 111 Å². The first-order valence-corrected chi connectivity index (χ1v) is 5.75. The molecule has 0 aliphatic rings. The van der Waals surface area contributed by atoms with Crippen LogP contribution in [0.3, 0.4) is 0 Å². The summed E-state index contributed by atoms with van der Waals surface area (Å²) < 4.78 is 28.3. The van der Waals surface area contributed by atoms with E-state index in [0.717, 1.165) is 12.3 Å². The van der Waals surface area contributed by atoms with Crippen molar-refractivity contribution in [1.29, 1.82) is 0 Å². The van der Waals surface area contributed by atoms with Crippen LogP contribution in [0.2, 0.25) is 5.15 Å². The van der Waals surface area contributed by atoms with Gasteiger partial charge < -0.3 is 0 Å². The largest absolute Gasteiger partial charge is 0.292 e. The van der Waals surface area contributed by atoms with Crippen LogP contribution in [0.4, 0.5) is 8.78 Å². The Morgan fingerprint density at radius 3 is 2.74 bits per heavy atom. The number of rotatable bonds is 1. The van der Waals surface area contributed by atoms with E-state index in [2.05, 4.69) is 15.0 Å². The molecule has 0 aliphatic carbocycles. The SMILES string of the molecule is Cc1nc2c(F)cc(F)cn2c1-c1cncc(Cl)n1. The molecule has 0 fully saturated rings. The molecule has 0 aromatic carbocycles. The number of nitrogens with zero attached hydrogens (tertiary/aromatic N) is 4. The van der Waals surface area contributed by atoms with Crippen LogP contribution >= 0.6 is 11.6 Å². The molecule has 0 radical (unpaired) electrons. The first-order valence-electron chi connectivity index (χ1n) is 5.38. The van der Waals surface area contributed by atoms with Crippen LogP contribution < -0.4 is 0 Å². The molecule has 96 valence electrons. The predicted octanol–water partition coefficient (Wildman–Crippen LogP) is 3.03. The van der Waals surface area contributed by atoms with Gasteiger partial charge in [-0.05, 0) is 6.92 Å². The fourth-order valence-electron chi connectivity index (χ4n) is 1.95. The second-order valence-electron chi connectivity index (χ2n) is 3.97. The Morgan fingerprint density at radius 2 is 2.00 bits per heavy atom. The predicted molar refractivity (Wildman–Crippen MR) is 65.9 cm³/mol. The van der Waals surface area contributed by atoms with Gasteiger partial charge in [0.1, 0.15) is 16.7 Å². The van der Waals surface area contributed by atoms with Crippen LogP contribution in [-0.2, 0) is 0 Å². The summed E-state index contributed by atoms with van der Waals surface area (Å²) in [6, 6.07) is 0.787. The molecule has 0 atom stereocenters. The lowest BCUT2D eigenvalue weighted by Gasteiger charge is -2.03. The van der Waals surface area contributed by atoms with E-state index >= 15 is 0 Å². The number of hydrogen-bond acceptors (Lipinski definition) is 3. The fraction of sp³-hybridized carbons (Fsp3) is 0.0833. The highest BCUT2D eigenvalue weighted by Gasteiger charge is 2.16. The zero-order valence-corrected chi connectivity index (χ0v) is 10.5. The van der Waals surface area contributed by atoms with E-state index in [-0.39, 0.29) is 10.8 Å². The minimum absolute atomic E-state index is 0.0377. The van der Waals surface area contributed by atoms with Gasteiger partial charge in [0.15, 0.2) is 11.5 Å². The molecule has 0 N–H and O–H groups in total. The molecule has 0 saturated heterocycles. The Hall–Kier alpha value is -2.08. The Balaban J connectivity index is 2.38. The van der Waals surface area contributed by atoms with Gasteiger partial charge in [0.25, 0.3) is 0 Å². The third-order valence-electron chi connectivity index (χ3n) is 2.66. The highest BCUT2D eigenvalue weighted by Crippen LogP contribution is 2.25. The van der Waals surface area contributed by atoms with Crippen molar-refractivity contribution >= 4 is 17.2 Å². The standard InChI is InChI=1S/C12H7ClF2N4/c1-6-11(9-3-16-4-10(13)18-9)19-5-7(14)2-8(15)12(19)17-6/h2-5H,1H3. The van der Waals surface area contributed by atoms with Crippen LogP contribution in [0.25, 0.3) is 17.0 Å². The zero-order chi connectivity index (χ0) is 13.6. The smallest absolute Gasteiger partial charge is 0.174 e. The van der Waals surface area contributed by atoms with Gasteiger partial charge >= 0.3 is 0 Å². The lowest BCUT2D eigenvalue weighted by molar-refractivity contribution is 0.577. The van der Waals surface area contributed by atoms with Crippen LogP contribution in [-0.4, -0.2) is 19.4 Å². The maximum atomic E-state index is 13.6. The normalized spacial score (nSPS) is 11.2. The summed E-state index contributed by atoms with van der Waals surface area (Å²) in [4.78, 5) is 12.1. The number of aromatic nitrogens is 4. The quantitative estimate of drug-likeness (QED) is 0.688. The van der Waals surface area contributed by atoms with E-state index in [1.54, 1.807) is 6.92 Å². The van der Waals surface area contributed by atoms with Crippen molar-refractivity contribution in [2.24, 2.45) is 0 Å². The molecule has 0 aliphatic heterocycles. The fourth-order valence-corrected chi connectivity index (χ4v) is 2.10. The molecule has 3 rings (SSSR count). The number of hydrogen-bond donors (Lipinski definition) is 0. The zero-order valence-electron chi connectivity index (χ0n) is 9.73.